The van der Waals surface area contributed by atoms with Crippen LogP contribution >= 0.6 is 15.9 Å². The van der Waals surface area contributed by atoms with Gasteiger partial charge in [-0.1, -0.05) is 0 Å². The molecule has 7 heteroatoms. The molecular formula is C12H16BrFN2O2S. The summed E-state index contributed by atoms with van der Waals surface area (Å²) in [6.07, 6.45) is 1.54. The quantitative estimate of drug-likeness (QED) is 0.834. The molecule has 2 rings (SSSR count). The second-order valence-corrected chi connectivity index (χ2v) is 7.99. The van der Waals surface area contributed by atoms with Gasteiger partial charge in [0.15, 0.2) is 5.82 Å². The van der Waals surface area contributed by atoms with Crippen LogP contribution in [0.25, 0.3) is 0 Å². The van der Waals surface area contributed by atoms with Gasteiger partial charge in [0.2, 0.25) is 10.0 Å². The molecule has 1 aromatic rings. The van der Waals surface area contributed by atoms with Gasteiger partial charge < -0.3 is 5.73 Å². The van der Waals surface area contributed by atoms with Gasteiger partial charge >= 0.3 is 0 Å². The molecule has 19 heavy (non-hydrogen) atoms. The van der Waals surface area contributed by atoms with E-state index in [4.69, 9.17) is 5.73 Å². The molecule has 106 valence electrons. The molecular weight excluding hydrogens is 335 g/mol. The number of anilines is 1. The van der Waals surface area contributed by atoms with E-state index < -0.39 is 21.4 Å². The van der Waals surface area contributed by atoms with Crippen LogP contribution in [0.5, 0.6) is 0 Å². The molecule has 1 fully saturated rings. The molecule has 0 radical (unpaired) electrons. The summed E-state index contributed by atoms with van der Waals surface area (Å²) in [5, 5.41) is 0. The van der Waals surface area contributed by atoms with Crippen LogP contribution in [0.4, 0.5) is 10.1 Å². The van der Waals surface area contributed by atoms with Crippen molar-refractivity contribution in [3.05, 3.63) is 22.4 Å². The van der Waals surface area contributed by atoms with Gasteiger partial charge in [0.05, 0.1) is 4.47 Å². The van der Waals surface area contributed by atoms with E-state index in [1.807, 2.05) is 13.8 Å². The highest BCUT2D eigenvalue weighted by Gasteiger charge is 2.42. The summed E-state index contributed by atoms with van der Waals surface area (Å²) < 4.78 is 40.7. The second-order valence-electron chi connectivity index (χ2n) is 5.31. The minimum absolute atomic E-state index is 0.0584. The topological polar surface area (TPSA) is 63.4 Å². The van der Waals surface area contributed by atoms with E-state index in [1.54, 1.807) is 0 Å². The van der Waals surface area contributed by atoms with Crippen LogP contribution in [0.3, 0.4) is 0 Å². The van der Waals surface area contributed by atoms with Crippen LogP contribution in [0.15, 0.2) is 21.5 Å². The second kappa shape index (κ2) is 4.71. The average molecular weight is 351 g/mol. The average Bonchev–Trinajstić information content (AvgIpc) is 2.63. The first-order valence-electron chi connectivity index (χ1n) is 5.93. The number of nitrogens with two attached hydrogens (primary N) is 1. The van der Waals surface area contributed by atoms with Gasteiger partial charge in [-0.25, -0.2) is 12.8 Å². The maximum atomic E-state index is 14.1. The predicted molar refractivity (Wildman–Crippen MR) is 75.7 cm³/mol. The Labute approximate surface area is 121 Å². The fourth-order valence-corrected chi connectivity index (χ4v) is 5.00. The number of rotatable bonds is 2. The Morgan fingerprint density at radius 1 is 1.42 bits per heavy atom. The predicted octanol–water partition coefficient (Wildman–Crippen LogP) is 2.73. The van der Waals surface area contributed by atoms with E-state index in [0.717, 1.165) is 12.8 Å². The van der Waals surface area contributed by atoms with Crippen molar-refractivity contribution >= 4 is 31.6 Å². The van der Waals surface area contributed by atoms with Gasteiger partial charge in [-0.2, -0.15) is 4.31 Å². The zero-order chi connectivity index (χ0) is 14.4. The first-order chi connectivity index (χ1) is 8.66. The van der Waals surface area contributed by atoms with Crippen molar-refractivity contribution in [3.63, 3.8) is 0 Å². The van der Waals surface area contributed by atoms with Crippen molar-refractivity contribution < 1.29 is 12.8 Å². The summed E-state index contributed by atoms with van der Waals surface area (Å²) in [5.74, 6) is -0.795. The lowest BCUT2D eigenvalue weighted by Gasteiger charge is -2.30. The number of benzene rings is 1. The minimum atomic E-state index is -3.87. The summed E-state index contributed by atoms with van der Waals surface area (Å²) in [5.41, 5.74) is 5.33. The molecule has 4 nitrogen and oxygen atoms in total. The first kappa shape index (κ1) is 14.7. The standard InChI is InChI=1S/C12H16BrFN2O2S/c1-12(2)4-3-5-16(12)19(17,18)10-7-8(15)6-9(13)11(10)14/h6-7H,3-5,15H2,1-2H3. The van der Waals surface area contributed by atoms with Gasteiger partial charge in [-0.3, -0.25) is 0 Å². The van der Waals surface area contributed by atoms with Gasteiger partial charge in [-0.15, -0.1) is 0 Å². The largest absolute Gasteiger partial charge is 0.399 e. The molecule has 0 saturated carbocycles. The maximum Gasteiger partial charge on any atom is 0.246 e. The number of hydrogen-bond donors (Lipinski definition) is 1. The smallest absolute Gasteiger partial charge is 0.246 e. The summed E-state index contributed by atoms with van der Waals surface area (Å²) in [6.45, 7) is 4.09. The fourth-order valence-electron chi connectivity index (χ4n) is 2.42. The van der Waals surface area contributed by atoms with E-state index in [2.05, 4.69) is 15.9 Å². The van der Waals surface area contributed by atoms with E-state index in [1.165, 1.54) is 16.4 Å². The molecule has 0 unspecified atom stereocenters. The Morgan fingerprint density at radius 2 is 2.05 bits per heavy atom. The van der Waals surface area contributed by atoms with Gasteiger partial charge in [0, 0.05) is 17.8 Å². The SMILES string of the molecule is CC1(C)CCCN1S(=O)(=O)c1cc(N)cc(Br)c1F. The molecule has 1 aliphatic heterocycles. The third-order valence-corrected chi connectivity index (χ3v) is 6.10. The Morgan fingerprint density at radius 3 is 2.58 bits per heavy atom. The summed E-state index contributed by atoms with van der Waals surface area (Å²) in [6, 6.07) is 2.52. The minimum Gasteiger partial charge on any atom is -0.399 e. The molecule has 0 bridgehead atoms. The van der Waals surface area contributed by atoms with Crippen molar-refractivity contribution in [3.8, 4) is 0 Å². The zero-order valence-corrected chi connectivity index (χ0v) is 13.2. The Bertz CT molecular complexity index is 616. The van der Waals surface area contributed by atoms with Crippen LogP contribution in [0, 0.1) is 5.82 Å². The monoisotopic (exact) mass is 350 g/mol. The third-order valence-electron chi connectivity index (χ3n) is 3.41. The van der Waals surface area contributed by atoms with Crippen molar-refractivity contribution in [2.75, 3.05) is 12.3 Å². The van der Waals surface area contributed by atoms with Gasteiger partial charge in [0.1, 0.15) is 4.90 Å². The normalized spacial score (nSPS) is 19.8. The van der Waals surface area contributed by atoms with Crippen LogP contribution in [-0.2, 0) is 10.0 Å². The van der Waals surface area contributed by atoms with E-state index in [0.29, 0.717) is 6.54 Å². The molecule has 1 aromatic carbocycles. The zero-order valence-electron chi connectivity index (χ0n) is 10.8. The van der Waals surface area contributed by atoms with Crippen LogP contribution in [0.2, 0.25) is 0 Å². The molecule has 0 atom stereocenters. The summed E-state index contributed by atoms with van der Waals surface area (Å²) in [7, 11) is -3.87. The van der Waals surface area contributed by atoms with E-state index in [-0.39, 0.29) is 15.1 Å². The fraction of sp³-hybridized carbons (Fsp3) is 0.500. The van der Waals surface area contributed by atoms with Crippen molar-refractivity contribution in [1.29, 1.82) is 0 Å². The number of halogens is 2. The lowest BCUT2D eigenvalue weighted by molar-refractivity contribution is 0.290. The van der Waals surface area contributed by atoms with Crippen LogP contribution in [0.1, 0.15) is 26.7 Å². The third kappa shape index (κ3) is 2.51. The first-order valence-corrected chi connectivity index (χ1v) is 8.17. The molecule has 0 aliphatic carbocycles. The highest BCUT2D eigenvalue weighted by atomic mass is 79.9. The summed E-state index contributed by atoms with van der Waals surface area (Å²) >= 11 is 2.99. The molecule has 1 heterocycles. The van der Waals surface area contributed by atoms with E-state index >= 15 is 0 Å². The highest BCUT2D eigenvalue weighted by molar-refractivity contribution is 9.10. The molecule has 0 spiro atoms. The number of hydrogen-bond acceptors (Lipinski definition) is 3. The number of nitrogen functional groups attached to an aromatic ring is 1. The lowest BCUT2D eigenvalue weighted by Crippen LogP contribution is -2.42. The Balaban J connectivity index is 2.58. The molecule has 2 N–H and O–H groups in total. The molecule has 1 saturated heterocycles. The van der Waals surface area contributed by atoms with Crippen LogP contribution < -0.4 is 5.73 Å². The Hall–Kier alpha value is -0.660. The highest BCUT2D eigenvalue weighted by Crippen LogP contribution is 2.36. The molecule has 0 aromatic heterocycles. The number of nitrogens with zero attached hydrogens (tertiary/aromatic N) is 1. The van der Waals surface area contributed by atoms with Gasteiger partial charge in [-0.05, 0) is 54.8 Å². The van der Waals surface area contributed by atoms with Crippen molar-refractivity contribution in [1.82, 2.24) is 4.31 Å². The Kier molecular flexibility index (Phi) is 3.66. The number of sulfonamides is 1. The molecule has 0 amide bonds. The van der Waals surface area contributed by atoms with Crippen molar-refractivity contribution in [2.24, 2.45) is 0 Å². The lowest BCUT2D eigenvalue weighted by atomic mass is 10.0. The van der Waals surface area contributed by atoms with Crippen molar-refractivity contribution in [2.45, 2.75) is 37.1 Å². The van der Waals surface area contributed by atoms with Gasteiger partial charge in [0.25, 0.3) is 0 Å². The summed E-state index contributed by atoms with van der Waals surface area (Å²) in [4.78, 5) is -0.366. The molecule has 1 aliphatic rings. The van der Waals surface area contributed by atoms with Crippen LogP contribution in [-0.4, -0.2) is 24.8 Å². The van der Waals surface area contributed by atoms with E-state index in [9.17, 15) is 12.8 Å². The maximum absolute atomic E-state index is 14.1.